The van der Waals surface area contributed by atoms with Crippen LogP contribution in [-0.2, 0) is 24.4 Å². The van der Waals surface area contributed by atoms with Crippen LogP contribution in [0.25, 0.3) is 0 Å². The van der Waals surface area contributed by atoms with Crippen LogP contribution in [0.4, 0.5) is 0 Å². The highest BCUT2D eigenvalue weighted by atomic mass is 16.5. The second kappa shape index (κ2) is 7.70. The third kappa shape index (κ3) is 4.29. The summed E-state index contributed by atoms with van der Waals surface area (Å²) in [7, 11) is 1.65. The Hall–Kier alpha value is -3.02. The van der Waals surface area contributed by atoms with Crippen molar-refractivity contribution in [1.82, 2.24) is 14.5 Å². The maximum absolute atomic E-state index is 12.0. The van der Waals surface area contributed by atoms with Crippen molar-refractivity contribution in [2.24, 2.45) is 0 Å². The van der Waals surface area contributed by atoms with E-state index in [2.05, 4.69) is 4.98 Å². The molecule has 130 valence electrons. The van der Waals surface area contributed by atoms with Gasteiger partial charge >= 0.3 is 0 Å². The van der Waals surface area contributed by atoms with E-state index in [-0.39, 0.29) is 5.91 Å². The molecule has 25 heavy (non-hydrogen) atoms. The van der Waals surface area contributed by atoms with Crippen LogP contribution in [0.15, 0.2) is 59.5 Å². The van der Waals surface area contributed by atoms with Gasteiger partial charge in [0.15, 0.2) is 0 Å². The molecule has 1 amide bonds. The van der Waals surface area contributed by atoms with Crippen LogP contribution in [0, 0.1) is 0 Å². The lowest BCUT2D eigenvalue weighted by atomic mass is 10.2. The molecule has 0 aliphatic heterocycles. The highest BCUT2D eigenvalue weighted by Crippen LogP contribution is 2.15. The summed E-state index contributed by atoms with van der Waals surface area (Å²) in [5.41, 5.74) is 1.11. The number of amides is 1. The smallest absolute Gasteiger partial charge is 0.220 e. The summed E-state index contributed by atoms with van der Waals surface area (Å²) in [5, 5.41) is 0. The fraction of sp³-hybridized carbons (Fsp3) is 0.263. The van der Waals surface area contributed by atoms with Crippen molar-refractivity contribution in [3.8, 4) is 5.75 Å². The average Bonchev–Trinajstić information content (AvgIpc) is 3.27. The van der Waals surface area contributed by atoms with Gasteiger partial charge in [0.1, 0.15) is 17.3 Å². The number of nitrogens with zero attached hydrogens (tertiary/aromatic N) is 3. The second-order valence-corrected chi connectivity index (χ2v) is 5.78. The van der Waals surface area contributed by atoms with E-state index in [1.165, 1.54) is 0 Å². The molecule has 1 aromatic carbocycles. The van der Waals surface area contributed by atoms with Crippen molar-refractivity contribution in [2.75, 3.05) is 7.11 Å². The Labute approximate surface area is 146 Å². The zero-order valence-electron chi connectivity index (χ0n) is 14.4. The Morgan fingerprint density at radius 2 is 2.16 bits per heavy atom. The Morgan fingerprint density at radius 1 is 1.28 bits per heavy atom. The maximum atomic E-state index is 12.0. The lowest BCUT2D eigenvalue weighted by molar-refractivity contribution is -0.130. The Morgan fingerprint density at radius 3 is 2.88 bits per heavy atom. The lowest BCUT2D eigenvalue weighted by Gasteiger charge is -2.20. The monoisotopic (exact) mass is 339 g/mol. The van der Waals surface area contributed by atoms with Crippen molar-refractivity contribution in [3.05, 3.63) is 72.2 Å². The predicted molar refractivity (Wildman–Crippen MR) is 93.0 cm³/mol. The zero-order chi connectivity index (χ0) is 17.6. The first-order valence-electron chi connectivity index (χ1n) is 8.06. The van der Waals surface area contributed by atoms with Gasteiger partial charge in [-0.3, -0.25) is 4.79 Å². The van der Waals surface area contributed by atoms with E-state index in [9.17, 15) is 4.79 Å². The fourth-order valence-electron chi connectivity index (χ4n) is 2.64. The lowest BCUT2D eigenvalue weighted by Crippen LogP contribution is -2.29. The van der Waals surface area contributed by atoms with Gasteiger partial charge in [-0.2, -0.15) is 0 Å². The third-order valence-electron chi connectivity index (χ3n) is 3.99. The zero-order valence-corrected chi connectivity index (χ0v) is 14.4. The molecule has 0 fully saturated rings. The minimum atomic E-state index is -0.0210. The van der Waals surface area contributed by atoms with E-state index in [1.54, 1.807) is 31.4 Å². The molecule has 2 aromatic heterocycles. The van der Waals surface area contributed by atoms with Gasteiger partial charge < -0.3 is 18.6 Å². The van der Waals surface area contributed by atoms with Gasteiger partial charge in [-0.25, -0.2) is 4.98 Å². The standard InChI is InChI=1S/C19H21N3O3/c1-15(23)22(13-18-7-4-10-25-18)14-19-20-8-9-21(19)12-16-5-3-6-17(11-16)24-2/h3-11H,12-14H2,1-2H3. The van der Waals surface area contributed by atoms with Gasteiger partial charge in [-0.05, 0) is 29.8 Å². The number of carbonyl (C=O) groups is 1. The molecule has 0 saturated heterocycles. The van der Waals surface area contributed by atoms with Crippen molar-refractivity contribution in [3.63, 3.8) is 0 Å². The number of ether oxygens (including phenoxy) is 1. The molecule has 0 N–H and O–H groups in total. The van der Waals surface area contributed by atoms with Gasteiger partial charge in [-0.15, -0.1) is 0 Å². The molecule has 0 saturated carbocycles. The SMILES string of the molecule is COc1cccc(Cn2ccnc2CN(Cc2ccco2)C(C)=O)c1. The van der Waals surface area contributed by atoms with Crippen molar-refractivity contribution in [2.45, 2.75) is 26.6 Å². The number of hydrogen-bond donors (Lipinski definition) is 0. The Balaban J connectivity index is 1.74. The van der Waals surface area contributed by atoms with Crippen LogP contribution in [0.5, 0.6) is 5.75 Å². The Kier molecular flexibility index (Phi) is 5.18. The van der Waals surface area contributed by atoms with Crippen molar-refractivity contribution in [1.29, 1.82) is 0 Å². The second-order valence-electron chi connectivity index (χ2n) is 5.78. The molecule has 0 aliphatic carbocycles. The molecule has 3 aromatic rings. The maximum Gasteiger partial charge on any atom is 0.220 e. The first-order valence-corrected chi connectivity index (χ1v) is 8.06. The molecule has 3 rings (SSSR count). The molecule has 0 spiro atoms. The van der Waals surface area contributed by atoms with Crippen LogP contribution in [0.1, 0.15) is 24.1 Å². The predicted octanol–water partition coefficient (Wildman–Crippen LogP) is 3.08. The van der Waals surface area contributed by atoms with Crippen molar-refractivity contribution >= 4 is 5.91 Å². The third-order valence-corrected chi connectivity index (χ3v) is 3.99. The molecular formula is C19H21N3O3. The van der Waals surface area contributed by atoms with Gasteiger partial charge in [0.05, 0.1) is 26.5 Å². The van der Waals surface area contributed by atoms with E-state index in [0.29, 0.717) is 19.6 Å². The highest BCUT2D eigenvalue weighted by molar-refractivity contribution is 5.73. The molecule has 6 heteroatoms. The number of benzene rings is 1. The molecule has 0 radical (unpaired) electrons. The summed E-state index contributed by atoms with van der Waals surface area (Å²) in [6, 6.07) is 11.6. The summed E-state index contributed by atoms with van der Waals surface area (Å²) >= 11 is 0. The molecule has 2 heterocycles. The van der Waals surface area contributed by atoms with Crippen LogP contribution in [0.2, 0.25) is 0 Å². The van der Waals surface area contributed by atoms with Crippen LogP contribution >= 0.6 is 0 Å². The first-order chi connectivity index (χ1) is 12.2. The minimum Gasteiger partial charge on any atom is -0.497 e. The number of hydrogen-bond acceptors (Lipinski definition) is 4. The normalized spacial score (nSPS) is 10.6. The van der Waals surface area contributed by atoms with Crippen LogP contribution in [-0.4, -0.2) is 27.5 Å². The van der Waals surface area contributed by atoms with E-state index < -0.39 is 0 Å². The number of carbonyl (C=O) groups excluding carboxylic acids is 1. The number of furan rings is 1. The summed E-state index contributed by atoms with van der Waals surface area (Å²) in [5.74, 6) is 2.38. The molecule has 0 aliphatic rings. The van der Waals surface area contributed by atoms with Crippen LogP contribution < -0.4 is 4.74 Å². The van der Waals surface area contributed by atoms with Gasteiger partial charge in [0, 0.05) is 25.9 Å². The molecule has 6 nitrogen and oxygen atoms in total. The largest absolute Gasteiger partial charge is 0.497 e. The van der Waals surface area contributed by atoms with Gasteiger partial charge in [0.2, 0.25) is 5.91 Å². The summed E-state index contributed by atoms with van der Waals surface area (Å²) in [6.07, 6.45) is 5.28. The quantitative estimate of drug-likeness (QED) is 0.664. The number of aromatic nitrogens is 2. The number of rotatable bonds is 7. The van der Waals surface area contributed by atoms with E-state index in [4.69, 9.17) is 9.15 Å². The Bertz CT molecular complexity index is 824. The summed E-state index contributed by atoms with van der Waals surface area (Å²) in [4.78, 5) is 18.1. The first kappa shape index (κ1) is 16.8. The minimum absolute atomic E-state index is 0.0210. The number of methoxy groups -OCH3 is 1. The molecule has 0 bridgehead atoms. The number of imidazole rings is 1. The van der Waals surface area contributed by atoms with E-state index >= 15 is 0 Å². The van der Waals surface area contributed by atoms with Crippen molar-refractivity contribution < 1.29 is 13.9 Å². The highest BCUT2D eigenvalue weighted by Gasteiger charge is 2.15. The van der Waals surface area contributed by atoms with E-state index in [0.717, 1.165) is 22.9 Å². The van der Waals surface area contributed by atoms with E-state index in [1.807, 2.05) is 47.2 Å². The summed E-state index contributed by atoms with van der Waals surface area (Å²) < 4.78 is 12.7. The van der Waals surface area contributed by atoms with Crippen LogP contribution in [0.3, 0.4) is 0 Å². The molecule has 0 atom stereocenters. The topological polar surface area (TPSA) is 60.5 Å². The van der Waals surface area contributed by atoms with Gasteiger partial charge in [-0.1, -0.05) is 12.1 Å². The molecule has 0 unspecified atom stereocenters. The van der Waals surface area contributed by atoms with Gasteiger partial charge in [0.25, 0.3) is 0 Å². The fourth-order valence-corrected chi connectivity index (χ4v) is 2.64. The molecular weight excluding hydrogens is 318 g/mol. The average molecular weight is 339 g/mol. The summed E-state index contributed by atoms with van der Waals surface area (Å²) in [6.45, 7) is 3.07.